The summed E-state index contributed by atoms with van der Waals surface area (Å²) in [6, 6.07) is 4.37. The number of aromatic nitrogens is 2. The van der Waals surface area contributed by atoms with Gasteiger partial charge in [0.05, 0.1) is 18.6 Å². The van der Waals surface area contributed by atoms with Gasteiger partial charge in [-0.25, -0.2) is 4.98 Å². The van der Waals surface area contributed by atoms with Crippen molar-refractivity contribution in [2.75, 3.05) is 6.54 Å². The Balaban J connectivity index is 1.95. The molecule has 2 aromatic heterocycles. The molecule has 0 atom stereocenters. The zero-order chi connectivity index (χ0) is 13.0. The van der Waals surface area contributed by atoms with E-state index in [4.69, 9.17) is 0 Å². The van der Waals surface area contributed by atoms with E-state index in [1.54, 1.807) is 0 Å². The summed E-state index contributed by atoms with van der Waals surface area (Å²) in [6.07, 6.45) is 3.87. The number of aryl methyl sites for hydroxylation is 1. The number of nitrogens with one attached hydrogen (secondary N) is 1. The van der Waals surface area contributed by atoms with Gasteiger partial charge in [-0.15, -0.1) is 11.3 Å². The van der Waals surface area contributed by atoms with Gasteiger partial charge in [-0.05, 0) is 31.5 Å². The van der Waals surface area contributed by atoms with Crippen molar-refractivity contribution in [2.24, 2.45) is 5.92 Å². The van der Waals surface area contributed by atoms with Gasteiger partial charge in [0, 0.05) is 22.5 Å². The zero-order valence-electron chi connectivity index (χ0n) is 11.3. The maximum absolute atomic E-state index is 4.25. The lowest BCUT2D eigenvalue weighted by Crippen LogP contribution is -2.20. The van der Waals surface area contributed by atoms with Crippen LogP contribution in [-0.4, -0.2) is 16.1 Å². The summed E-state index contributed by atoms with van der Waals surface area (Å²) in [5, 5.41) is 3.46. The van der Waals surface area contributed by atoms with E-state index in [0.29, 0.717) is 5.92 Å². The highest BCUT2D eigenvalue weighted by atomic mass is 32.1. The Morgan fingerprint density at radius 2 is 2.22 bits per heavy atom. The number of rotatable bonds is 6. The molecule has 0 saturated heterocycles. The highest BCUT2D eigenvalue weighted by Crippen LogP contribution is 2.17. The van der Waals surface area contributed by atoms with Gasteiger partial charge in [-0.3, -0.25) is 0 Å². The van der Waals surface area contributed by atoms with Crippen molar-refractivity contribution in [1.29, 1.82) is 0 Å². The minimum Gasteiger partial charge on any atom is -0.328 e. The summed E-state index contributed by atoms with van der Waals surface area (Å²) in [6.45, 7) is 9.45. The Morgan fingerprint density at radius 3 is 2.89 bits per heavy atom. The SMILES string of the molecule is Cc1ccc(Cn2cncc2CNCC(C)C)s1. The fourth-order valence-electron chi connectivity index (χ4n) is 1.86. The first-order valence-electron chi connectivity index (χ1n) is 6.40. The summed E-state index contributed by atoms with van der Waals surface area (Å²) in [4.78, 5) is 7.00. The monoisotopic (exact) mass is 263 g/mol. The van der Waals surface area contributed by atoms with Crippen molar-refractivity contribution in [3.05, 3.63) is 40.1 Å². The second kappa shape index (κ2) is 6.16. The second-order valence-electron chi connectivity index (χ2n) is 5.05. The van der Waals surface area contributed by atoms with Crippen molar-refractivity contribution < 1.29 is 0 Å². The van der Waals surface area contributed by atoms with E-state index in [-0.39, 0.29) is 0 Å². The molecule has 1 N–H and O–H groups in total. The second-order valence-corrected chi connectivity index (χ2v) is 6.42. The van der Waals surface area contributed by atoms with Gasteiger partial charge in [-0.1, -0.05) is 13.8 Å². The summed E-state index contributed by atoms with van der Waals surface area (Å²) in [5.74, 6) is 0.682. The van der Waals surface area contributed by atoms with Gasteiger partial charge in [0.25, 0.3) is 0 Å². The summed E-state index contributed by atoms with van der Waals surface area (Å²) >= 11 is 1.85. The van der Waals surface area contributed by atoms with Crippen LogP contribution in [0.3, 0.4) is 0 Å². The lowest BCUT2D eigenvalue weighted by molar-refractivity contribution is 0.539. The lowest BCUT2D eigenvalue weighted by Gasteiger charge is -2.09. The normalized spacial score (nSPS) is 11.3. The van der Waals surface area contributed by atoms with Crippen LogP contribution in [0.25, 0.3) is 0 Å². The maximum Gasteiger partial charge on any atom is 0.0952 e. The van der Waals surface area contributed by atoms with Gasteiger partial charge >= 0.3 is 0 Å². The quantitative estimate of drug-likeness (QED) is 0.868. The van der Waals surface area contributed by atoms with Crippen LogP contribution in [0.1, 0.15) is 29.3 Å². The van der Waals surface area contributed by atoms with E-state index in [1.807, 2.05) is 23.9 Å². The smallest absolute Gasteiger partial charge is 0.0952 e. The van der Waals surface area contributed by atoms with Crippen molar-refractivity contribution in [1.82, 2.24) is 14.9 Å². The number of thiophene rings is 1. The predicted octanol–water partition coefficient (Wildman–Crippen LogP) is 3.05. The van der Waals surface area contributed by atoms with E-state index in [0.717, 1.165) is 19.6 Å². The van der Waals surface area contributed by atoms with Crippen LogP contribution < -0.4 is 5.32 Å². The largest absolute Gasteiger partial charge is 0.328 e. The van der Waals surface area contributed by atoms with Crippen LogP contribution in [0.4, 0.5) is 0 Å². The maximum atomic E-state index is 4.25. The van der Waals surface area contributed by atoms with Gasteiger partial charge in [0.2, 0.25) is 0 Å². The van der Waals surface area contributed by atoms with Gasteiger partial charge in [0.15, 0.2) is 0 Å². The molecule has 0 amide bonds. The minimum atomic E-state index is 0.682. The molecule has 0 bridgehead atoms. The molecule has 0 saturated carbocycles. The topological polar surface area (TPSA) is 29.9 Å². The zero-order valence-corrected chi connectivity index (χ0v) is 12.1. The Kier molecular flexibility index (Phi) is 4.55. The fourth-order valence-corrected chi connectivity index (χ4v) is 2.75. The Labute approximate surface area is 113 Å². The minimum absolute atomic E-state index is 0.682. The molecule has 0 aliphatic carbocycles. The molecule has 0 spiro atoms. The molecule has 3 nitrogen and oxygen atoms in total. The van der Waals surface area contributed by atoms with Crippen molar-refractivity contribution in [3.8, 4) is 0 Å². The lowest BCUT2D eigenvalue weighted by atomic mass is 10.2. The first kappa shape index (κ1) is 13.3. The average molecular weight is 263 g/mol. The molecule has 0 radical (unpaired) electrons. The number of imidazole rings is 1. The van der Waals surface area contributed by atoms with Crippen molar-refractivity contribution in [2.45, 2.75) is 33.9 Å². The third-order valence-electron chi connectivity index (χ3n) is 2.78. The first-order chi connectivity index (χ1) is 8.65. The first-order valence-corrected chi connectivity index (χ1v) is 7.22. The Morgan fingerprint density at radius 1 is 1.39 bits per heavy atom. The predicted molar refractivity (Wildman–Crippen MR) is 76.9 cm³/mol. The average Bonchev–Trinajstić information content (AvgIpc) is 2.89. The molecule has 0 aromatic carbocycles. The molecule has 18 heavy (non-hydrogen) atoms. The van der Waals surface area contributed by atoms with Crippen LogP contribution in [-0.2, 0) is 13.1 Å². The third-order valence-corrected chi connectivity index (χ3v) is 3.76. The van der Waals surface area contributed by atoms with Crippen molar-refractivity contribution >= 4 is 11.3 Å². The van der Waals surface area contributed by atoms with E-state index in [2.05, 4.69) is 47.8 Å². The molecule has 2 rings (SSSR count). The fraction of sp³-hybridized carbons (Fsp3) is 0.500. The molecule has 2 aromatic rings. The van der Waals surface area contributed by atoms with Crippen LogP contribution in [0, 0.1) is 12.8 Å². The summed E-state index contributed by atoms with van der Waals surface area (Å²) in [7, 11) is 0. The third kappa shape index (κ3) is 3.68. The number of hydrogen-bond acceptors (Lipinski definition) is 3. The van der Waals surface area contributed by atoms with Gasteiger partial charge in [0.1, 0.15) is 0 Å². The van der Waals surface area contributed by atoms with E-state index in [9.17, 15) is 0 Å². The summed E-state index contributed by atoms with van der Waals surface area (Å²) < 4.78 is 2.22. The van der Waals surface area contributed by atoms with Gasteiger partial charge in [-0.2, -0.15) is 0 Å². The van der Waals surface area contributed by atoms with E-state index in [1.165, 1.54) is 15.4 Å². The van der Waals surface area contributed by atoms with Crippen LogP contribution in [0.5, 0.6) is 0 Å². The number of nitrogens with zero attached hydrogens (tertiary/aromatic N) is 2. The molecular formula is C14H21N3S. The molecule has 0 unspecified atom stereocenters. The molecule has 98 valence electrons. The van der Waals surface area contributed by atoms with Crippen molar-refractivity contribution in [3.63, 3.8) is 0 Å². The molecular weight excluding hydrogens is 242 g/mol. The van der Waals surface area contributed by atoms with E-state index < -0.39 is 0 Å². The highest BCUT2D eigenvalue weighted by Gasteiger charge is 2.04. The van der Waals surface area contributed by atoms with E-state index >= 15 is 0 Å². The molecule has 4 heteroatoms. The summed E-state index contributed by atoms with van der Waals surface area (Å²) in [5.41, 5.74) is 1.25. The molecule has 0 aliphatic rings. The van der Waals surface area contributed by atoms with Crippen LogP contribution in [0.15, 0.2) is 24.7 Å². The standard InChI is InChI=1S/C14H21N3S/c1-11(2)6-15-7-13-8-16-10-17(13)9-14-5-4-12(3)18-14/h4-5,8,10-11,15H,6-7,9H2,1-3H3. The molecule has 0 aliphatic heterocycles. The van der Waals surface area contributed by atoms with Crippen LogP contribution >= 0.6 is 11.3 Å². The van der Waals surface area contributed by atoms with Crippen LogP contribution in [0.2, 0.25) is 0 Å². The van der Waals surface area contributed by atoms with Gasteiger partial charge < -0.3 is 9.88 Å². The molecule has 2 heterocycles. The Hall–Kier alpha value is -1.13. The highest BCUT2D eigenvalue weighted by molar-refractivity contribution is 7.11. The Bertz CT molecular complexity index is 485. The molecule has 0 fully saturated rings. The number of hydrogen-bond donors (Lipinski definition) is 1.